The smallest absolute Gasteiger partial charge is 0.138 e. The van der Waals surface area contributed by atoms with Crippen molar-refractivity contribution < 1.29 is 5.21 Å². The van der Waals surface area contributed by atoms with Crippen molar-refractivity contribution >= 4 is 23.2 Å². The van der Waals surface area contributed by atoms with Gasteiger partial charge in [-0.15, -0.1) is 0 Å². The molecular formula is C20H19NOP+. The summed E-state index contributed by atoms with van der Waals surface area (Å²) < 4.78 is 0. The first-order valence-electron chi connectivity index (χ1n) is 7.51. The molecule has 3 rings (SSSR count). The quantitative estimate of drug-likeness (QED) is 0.558. The summed E-state index contributed by atoms with van der Waals surface area (Å²) in [5.74, 6) is 2.10. The largest absolute Gasteiger partial charge is 0.292 e. The normalized spacial score (nSPS) is 11.5. The molecule has 0 fully saturated rings. The van der Waals surface area contributed by atoms with Crippen molar-refractivity contribution in [3.8, 4) is 0 Å². The molecule has 0 amide bonds. The van der Waals surface area contributed by atoms with Gasteiger partial charge in [0.05, 0.1) is 12.0 Å². The molecule has 2 nitrogen and oxygen atoms in total. The maximum atomic E-state index is 9.15. The zero-order chi connectivity index (χ0) is 16.0. The van der Waals surface area contributed by atoms with Crippen LogP contribution in [0.2, 0.25) is 0 Å². The summed E-state index contributed by atoms with van der Waals surface area (Å²) in [5, 5.41) is 12.9. The lowest BCUT2D eigenvalue weighted by molar-refractivity contribution is 0.214. The van der Waals surface area contributed by atoms with Crippen LogP contribution in [0, 0.1) is 0 Å². The number of hydrogen-bond donors (Lipinski definition) is 2. The van der Waals surface area contributed by atoms with E-state index in [0.29, 0.717) is 0 Å². The van der Waals surface area contributed by atoms with E-state index >= 15 is 0 Å². The molecule has 3 aromatic rings. The highest BCUT2D eigenvalue weighted by Crippen LogP contribution is 2.56. The van der Waals surface area contributed by atoms with Gasteiger partial charge < -0.3 is 0 Å². The molecule has 114 valence electrons. The van der Waals surface area contributed by atoms with Crippen LogP contribution in [-0.2, 0) is 0 Å². The van der Waals surface area contributed by atoms with E-state index in [1.807, 2.05) is 18.2 Å². The van der Waals surface area contributed by atoms with Gasteiger partial charge in [-0.1, -0.05) is 54.6 Å². The van der Waals surface area contributed by atoms with Gasteiger partial charge >= 0.3 is 0 Å². The van der Waals surface area contributed by atoms with Gasteiger partial charge in [0.15, 0.2) is 0 Å². The summed E-state index contributed by atoms with van der Waals surface area (Å²) in [4.78, 5) is 0. The highest BCUT2D eigenvalue weighted by atomic mass is 31.2. The Bertz CT molecular complexity index is 661. The monoisotopic (exact) mass is 320 g/mol. The predicted molar refractivity (Wildman–Crippen MR) is 99.2 cm³/mol. The molecule has 0 aliphatic carbocycles. The van der Waals surface area contributed by atoms with E-state index < -0.39 is 7.26 Å². The molecule has 0 atom stereocenters. The minimum atomic E-state index is -1.97. The van der Waals surface area contributed by atoms with Crippen LogP contribution in [0.1, 0.15) is 0 Å². The van der Waals surface area contributed by atoms with E-state index in [9.17, 15) is 0 Å². The van der Waals surface area contributed by atoms with Crippen LogP contribution < -0.4 is 21.4 Å². The standard InChI is InChI=1S/C20H19NOP/c22-21-16-17-23(18-10-4-1-5-11-18,19-12-6-2-7-13-19)20-14-8-3-9-15-20/h1-17,21-22H/q+1/b17-16+. The lowest BCUT2D eigenvalue weighted by Gasteiger charge is -2.23. The van der Waals surface area contributed by atoms with Gasteiger partial charge in [0.2, 0.25) is 0 Å². The number of rotatable bonds is 5. The van der Waals surface area contributed by atoms with Crippen molar-refractivity contribution in [2.24, 2.45) is 0 Å². The SMILES string of the molecule is ON/C=C/[P+](c1ccccc1)(c1ccccc1)c1ccccc1. The van der Waals surface area contributed by atoms with E-state index in [2.05, 4.69) is 84.1 Å². The predicted octanol–water partition coefficient (Wildman–Crippen LogP) is 3.43. The van der Waals surface area contributed by atoms with Crippen molar-refractivity contribution in [1.82, 2.24) is 5.48 Å². The average Bonchev–Trinajstić information content (AvgIpc) is 2.65. The first kappa shape index (κ1) is 15.5. The molecule has 0 aliphatic rings. The third-order valence-electron chi connectivity index (χ3n) is 3.86. The second kappa shape index (κ2) is 7.23. The highest BCUT2D eigenvalue weighted by molar-refractivity contribution is 7.98. The van der Waals surface area contributed by atoms with Gasteiger partial charge in [-0.05, 0) is 36.4 Å². The molecule has 2 N–H and O–H groups in total. The zero-order valence-corrected chi connectivity index (χ0v) is 13.6. The maximum Gasteiger partial charge on any atom is 0.138 e. The van der Waals surface area contributed by atoms with Crippen LogP contribution in [0.5, 0.6) is 0 Å². The molecule has 0 aliphatic heterocycles. The molecule has 3 aromatic carbocycles. The van der Waals surface area contributed by atoms with E-state index in [-0.39, 0.29) is 0 Å². The van der Waals surface area contributed by atoms with Gasteiger partial charge in [0.25, 0.3) is 0 Å². The van der Waals surface area contributed by atoms with Crippen LogP contribution in [0.15, 0.2) is 103 Å². The lowest BCUT2D eigenvalue weighted by atomic mass is 10.4. The molecule has 0 radical (unpaired) electrons. The van der Waals surface area contributed by atoms with E-state index in [1.165, 1.54) is 15.9 Å². The first-order chi connectivity index (χ1) is 11.4. The zero-order valence-electron chi connectivity index (χ0n) is 12.7. The minimum Gasteiger partial charge on any atom is -0.292 e. The Balaban J connectivity index is 2.33. The molecular weight excluding hydrogens is 301 g/mol. The van der Waals surface area contributed by atoms with Crippen molar-refractivity contribution in [2.75, 3.05) is 0 Å². The molecule has 0 aromatic heterocycles. The number of hydrogen-bond acceptors (Lipinski definition) is 2. The molecule has 0 unspecified atom stereocenters. The Morgan fingerprint density at radius 3 is 1.26 bits per heavy atom. The summed E-state index contributed by atoms with van der Waals surface area (Å²) in [6.07, 6.45) is 1.63. The van der Waals surface area contributed by atoms with Gasteiger partial charge in [-0.2, -0.15) is 0 Å². The molecule has 0 spiro atoms. The van der Waals surface area contributed by atoms with E-state index in [1.54, 1.807) is 6.20 Å². The van der Waals surface area contributed by atoms with Crippen molar-refractivity contribution in [2.45, 2.75) is 0 Å². The third-order valence-corrected chi connectivity index (χ3v) is 7.80. The lowest BCUT2D eigenvalue weighted by Crippen LogP contribution is -2.29. The fraction of sp³-hybridized carbons (Fsp3) is 0. The van der Waals surface area contributed by atoms with E-state index in [4.69, 9.17) is 5.21 Å². The Kier molecular flexibility index (Phi) is 4.87. The molecule has 0 saturated heterocycles. The van der Waals surface area contributed by atoms with E-state index in [0.717, 1.165) is 0 Å². The molecule has 0 saturated carbocycles. The summed E-state index contributed by atoms with van der Waals surface area (Å²) in [7, 11) is -1.97. The molecule has 23 heavy (non-hydrogen) atoms. The van der Waals surface area contributed by atoms with Gasteiger partial charge in [-0.25, -0.2) is 0 Å². The fourth-order valence-electron chi connectivity index (χ4n) is 2.84. The Morgan fingerprint density at radius 2 is 0.957 bits per heavy atom. The molecule has 0 heterocycles. The second-order valence-corrected chi connectivity index (χ2v) is 8.47. The van der Waals surface area contributed by atoms with Crippen molar-refractivity contribution in [3.05, 3.63) is 103 Å². The van der Waals surface area contributed by atoms with Crippen LogP contribution in [0.25, 0.3) is 0 Å². The van der Waals surface area contributed by atoms with Crippen LogP contribution in [-0.4, -0.2) is 5.21 Å². The topological polar surface area (TPSA) is 32.3 Å². The minimum absolute atomic E-state index is 1.25. The van der Waals surface area contributed by atoms with Gasteiger partial charge in [0, 0.05) is 0 Å². The third kappa shape index (κ3) is 3.05. The fourth-order valence-corrected chi connectivity index (χ4v) is 6.47. The van der Waals surface area contributed by atoms with Gasteiger partial charge in [0.1, 0.15) is 23.2 Å². The summed E-state index contributed by atoms with van der Waals surface area (Å²) >= 11 is 0. The van der Waals surface area contributed by atoms with Crippen molar-refractivity contribution in [3.63, 3.8) is 0 Å². The second-order valence-electron chi connectivity index (χ2n) is 5.17. The molecule has 0 bridgehead atoms. The number of benzene rings is 3. The van der Waals surface area contributed by atoms with Crippen LogP contribution in [0.3, 0.4) is 0 Å². The number of nitrogens with one attached hydrogen (secondary N) is 1. The summed E-state index contributed by atoms with van der Waals surface area (Å²) in [6.45, 7) is 0. The van der Waals surface area contributed by atoms with Crippen LogP contribution in [0.4, 0.5) is 0 Å². The first-order valence-corrected chi connectivity index (χ1v) is 9.36. The van der Waals surface area contributed by atoms with Crippen molar-refractivity contribution in [1.29, 1.82) is 0 Å². The highest BCUT2D eigenvalue weighted by Gasteiger charge is 2.43. The molecule has 3 heteroatoms. The van der Waals surface area contributed by atoms with Crippen LogP contribution >= 0.6 is 7.26 Å². The maximum absolute atomic E-state index is 9.15. The summed E-state index contributed by atoms with van der Waals surface area (Å²) in [6, 6.07) is 31.5. The Hall–Kier alpha value is -2.41. The number of hydroxylamine groups is 1. The van der Waals surface area contributed by atoms with Gasteiger partial charge in [-0.3, -0.25) is 10.7 Å². The summed E-state index contributed by atoms with van der Waals surface area (Å²) in [5.41, 5.74) is 2.18. The average molecular weight is 320 g/mol. The Labute approximate surface area is 137 Å². The Morgan fingerprint density at radius 1 is 0.609 bits per heavy atom.